The summed E-state index contributed by atoms with van der Waals surface area (Å²) in [5.41, 5.74) is 7.23. The number of ether oxygens (including phenoxy) is 2. The fourth-order valence-electron chi connectivity index (χ4n) is 3.16. The predicted octanol–water partition coefficient (Wildman–Crippen LogP) is 3.52. The van der Waals surface area contributed by atoms with Crippen LogP contribution in [-0.2, 0) is 5.41 Å². The van der Waals surface area contributed by atoms with Crippen molar-refractivity contribution in [1.29, 1.82) is 0 Å². The highest BCUT2D eigenvalue weighted by atomic mass is 35.5. The van der Waals surface area contributed by atoms with E-state index < -0.39 is 0 Å². The molecule has 0 saturated heterocycles. The van der Waals surface area contributed by atoms with Crippen molar-refractivity contribution in [3.63, 3.8) is 0 Å². The van der Waals surface area contributed by atoms with E-state index in [0.717, 1.165) is 24.2 Å². The molecular formula is C15H22ClNO2. The summed E-state index contributed by atoms with van der Waals surface area (Å²) in [6, 6.07) is 3.92. The highest BCUT2D eigenvalue weighted by Gasteiger charge is 2.36. The quantitative estimate of drug-likeness (QED) is 0.919. The van der Waals surface area contributed by atoms with Crippen LogP contribution < -0.4 is 15.2 Å². The minimum absolute atomic E-state index is 0.00145. The largest absolute Gasteiger partial charge is 0.492 e. The molecule has 1 aliphatic rings. The van der Waals surface area contributed by atoms with E-state index in [9.17, 15) is 0 Å². The van der Waals surface area contributed by atoms with Gasteiger partial charge in [-0.2, -0.15) is 0 Å². The van der Waals surface area contributed by atoms with Gasteiger partial charge in [0.05, 0.1) is 19.2 Å². The van der Waals surface area contributed by atoms with Crippen LogP contribution in [0.25, 0.3) is 0 Å². The minimum atomic E-state index is 0.00145. The molecule has 0 amide bonds. The van der Waals surface area contributed by atoms with Crippen LogP contribution in [0.15, 0.2) is 12.1 Å². The van der Waals surface area contributed by atoms with Crippen molar-refractivity contribution < 1.29 is 9.47 Å². The molecule has 0 aliphatic heterocycles. The molecule has 1 aliphatic carbocycles. The third kappa shape index (κ3) is 2.54. The normalized spacial score (nSPS) is 18.1. The van der Waals surface area contributed by atoms with Gasteiger partial charge in [0.1, 0.15) is 0 Å². The summed E-state index contributed by atoms with van der Waals surface area (Å²) in [4.78, 5) is 0. The minimum Gasteiger partial charge on any atom is -0.492 e. The lowest BCUT2D eigenvalue weighted by atomic mass is 9.69. The van der Waals surface area contributed by atoms with Crippen LogP contribution in [0.1, 0.15) is 37.7 Å². The van der Waals surface area contributed by atoms with Crippen LogP contribution in [0.4, 0.5) is 0 Å². The van der Waals surface area contributed by atoms with Crippen molar-refractivity contribution in [1.82, 2.24) is 0 Å². The molecule has 0 atom stereocenters. The Morgan fingerprint density at radius 1 is 1.11 bits per heavy atom. The monoisotopic (exact) mass is 283 g/mol. The maximum absolute atomic E-state index is 6.17. The Labute approximate surface area is 120 Å². The van der Waals surface area contributed by atoms with Gasteiger partial charge in [0.25, 0.3) is 0 Å². The maximum atomic E-state index is 6.17. The maximum Gasteiger partial charge on any atom is 0.179 e. The fraction of sp³-hybridized carbons (Fsp3) is 0.600. The van der Waals surface area contributed by atoms with Gasteiger partial charge in [-0.15, -0.1) is 0 Å². The van der Waals surface area contributed by atoms with Gasteiger partial charge in [-0.25, -0.2) is 0 Å². The van der Waals surface area contributed by atoms with Gasteiger partial charge in [-0.3, -0.25) is 0 Å². The first kappa shape index (κ1) is 14.5. The Hall–Kier alpha value is -0.930. The molecule has 0 unspecified atom stereocenters. The van der Waals surface area contributed by atoms with Gasteiger partial charge in [-0.05, 0) is 18.9 Å². The highest BCUT2D eigenvalue weighted by Crippen LogP contribution is 2.47. The molecule has 2 rings (SSSR count). The number of hydrogen-bond donors (Lipinski definition) is 1. The Bertz CT molecular complexity index is 442. The summed E-state index contributed by atoms with van der Waals surface area (Å²) >= 11 is 6.17. The standard InChI is InChI=1S/C15H22ClNO2/c1-18-13-11(6-7-12(16)14(13)19-2)15(10-17)8-4-3-5-9-15/h6-7H,3-5,8-10,17H2,1-2H3. The molecule has 19 heavy (non-hydrogen) atoms. The topological polar surface area (TPSA) is 44.5 Å². The number of halogens is 1. The Kier molecular flexibility index (Phi) is 4.58. The van der Waals surface area contributed by atoms with Crippen LogP contribution in [0.3, 0.4) is 0 Å². The van der Waals surface area contributed by atoms with Crippen LogP contribution in [-0.4, -0.2) is 20.8 Å². The number of rotatable bonds is 4. The van der Waals surface area contributed by atoms with Gasteiger partial charge in [0.2, 0.25) is 0 Å². The molecule has 4 heteroatoms. The fourth-order valence-corrected chi connectivity index (χ4v) is 3.39. The first-order valence-corrected chi connectivity index (χ1v) is 7.17. The third-order valence-corrected chi connectivity index (χ3v) is 4.54. The molecule has 1 aromatic rings. The summed E-state index contributed by atoms with van der Waals surface area (Å²) in [5.74, 6) is 1.35. The molecule has 3 nitrogen and oxygen atoms in total. The zero-order valence-corrected chi connectivity index (χ0v) is 12.4. The number of hydrogen-bond acceptors (Lipinski definition) is 3. The van der Waals surface area contributed by atoms with Gasteiger partial charge in [-0.1, -0.05) is 36.9 Å². The number of nitrogens with two attached hydrogens (primary N) is 1. The third-order valence-electron chi connectivity index (χ3n) is 4.25. The van der Waals surface area contributed by atoms with Crippen molar-refractivity contribution in [2.45, 2.75) is 37.5 Å². The van der Waals surface area contributed by atoms with E-state index in [1.165, 1.54) is 19.3 Å². The van der Waals surface area contributed by atoms with E-state index in [1.807, 2.05) is 12.1 Å². The van der Waals surface area contributed by atoms with Gasteiger partial charge in [0.15, 0.2) is 11.5 Å². The first-order chi connectivity index (χ1) is 9.18. The number of methoxy groups -OCH3 is 2. The summed E-state index contributed by atoms with van der Waals surface area (Å²) in [6.45, 7) is 0.633. The smallest absolute Gasteiger partial charge is 0.179 e. The van der Waals surface area contributed by atoms with E-state index in [-0.39, 0.29) is 5.41 Å². The molecule has 1 fully saturated rings. The lowest BCUT2D eigenvalue weighted by molar-refractivity contribution is 0.281. The molecule has 0 heterocycles. The van der Waals surface area contributed by atoms with Crippen molar-refractivity contribution in [2.75, 3.05) is 20.8 Å². The SMILES string of the molecule is COc1c(Cl)ccc(C2(CN)CCCCC2)c1OC. The van der Waals surface area contributed by atoms with Gasteiger partial charge < -0.3 is 15.2 Å². The highest BCUT2D eigenvalue weighted by molar-refractivity contribution is 6.32. The number of benzene rings is 1. The molecule has 0 spiro atoms. The van der Waals surface area contributed by atoms with E-state index in [1.54, 1.807) is 14.2 Å². The molecule has 106 valence electrons. The van der Waals surface area contributed by atoms with Crippen LogP contribution in [0.2, 0.25) is 5.02 Å². The summed E-state index contributed by atoms with van der Waals surface area (Å²) in [5, 5.41) is 0.575. The van der Waals surface area contributed by atoms with Crippen LogP contribution in [0, 0.1) is 0 Å². The second kappa shape index (κ2) is 6.02. The molecular weight excluding hydrogens is 262 g/mol. The van der Waals surface area contributed by atoms with Crippen molar-refractivity contribution in [3.05, 3.63) is 22.7 Å². The second-order valence-electron chi connectivity index (χ2n) is 5.21. The van der Waals surface area contributed by atoms with Gasteiger partial charge in [0, 0.05) is 17.5 Å². The average molecular weight is 284 g/mol. The second-order valence-corrected chi connectivity index (χ2v) is 5.61. The van der Waals surface area contributed by atoms with Crippen molar-refractivity contribution in [3.8, 4) is 11.5 Å². The summed E-state index contributed by atoms with van der Waals surface area (Å²) < 4.78 is 11.0. The first-order valence-electron chi connectivity index (χ1n) is 6.79. The molecule has 1 saturated carbocycles. The Morgan fingerprint density at radius 3 is 2.26 bits per heavy atom. The molecule has 1 aromatic carbocycles. The van der Waals surface area contributed by atoms with E-state index in [4.69, 9.17) is 26.8 Å². The lowest BCUT2D eigenvalue weighted by Crippen LogP contribution is -2.37. The summed E-state index contributed by atoms with van der Waals surface area (Å²) in [7, 11) is 3.27. The zero-order valence-electron chi connectivity index (χ0n) is 11.7. The van der Waals surface area contributed by atoms with Crippen LogP contribution in [0.5, 0.6) is 11.5 Å². The van der Waals surface area contributed by atoms with E-state index in [2.05, 4.69) is 0 Å². The van der Waals surface area contributed by atoms with Crippen molar-refractivity contribution in [2.24, 2.45) is 5.73 Å². The average Bonchev–Trinajstić information content (AvgIpc) is 2.47. The van der Waals surface area contributed by atoms with Crippen LogP contribution >= 0.6 is 11.6 Å². The van der Waals surface area contributed by atoms with E-state index in [0.29, 0.717) is 17.3 Å². The Morgan fingerprint density at radius 2 is 1.74 bits per heavy atom. The lowest BCUT2D eigenvalue weighted by Gasteiger charge is -2.38. The molecule has 0 bridgehead atoms. The zero-order chi connectivity index (χ0) is 13.9. The van der Waals surface area contributed by atoms with E-state index >= 15 is 0 Å². The summed E-state index contributed by atoms with van der Waals surface area (Å²) in [6.07, 6.45) is 5.92. The van der Waals surface area contributed by atoms with Gasteiger partial charge >= 0.3 is 0 Å². The Balaban J connectivity index is 2.53. The molecule has 0 aromatic heterocycles. The predicted molar refractivity (Wildman–Crippen MR) is 78.4 cm³/mol. The molecule has 2 N–H and O–H groups in total. The molecule has 0 radical (unpaired) electrons. The van der Waals surface area contributed by atoms with Crippen molar-refractivity contribution >= 4 is 11.6 Å².